The minimum Gasteiger partial charge on any atom is -0.375 e. The van der Waals surface area contributed by atoms with Crippen LogP contribution in [0.5, 0.6) is 0 Å². The molecule has 0 radical (unpaired) electrons. The second-order valence-electron chi connectivity index (χ2n) is 4.51. The van der Waals surface area contributed by atoms with Crippen LogP contribution >= 0.6 is 23.2 Å². The fraction of sp³-hybridized carbons (Fsp3) is 0.133. The van der Waals surface area contributed by atoms with Crippen molar-refractivity contribution in [3.63, 3.8) is 0 Å². The zero-order chi connectivity index (χ0) is 16.8. The molecule has 2 amide bonds. The molecule has 23 heavy (non-hydrogen) atoms. The van der Waals surface area contributed by atoms with E-state index in [9.17, 15) is 9.59 Å². The molecule has 8 heteroatoms. The van der Waals surface area contributed by atoms with Crippen molar-refractivity contribution < 1.29 is 14.3 Å². The van der Waals surface area contributed by atoms with E-state index in [1.807, 2.05) is 0 Å². The Morgan fingerprint density at radius 2 is 1.74 bits per heavy atom. The maximum absolute atomic E-state index is 12.1. The van der Waals surface area contributed by atoms with E-state index in [1.54, 1.807) is 24.3 Å². The quantitative estimate of drug-likeness (QED) is 0.808. The van der Waals surface area contributed by atoms with Gasteiger partial charge in [-0.05, 0) is 30.3 Å². The van der Waals surface area contributed by atoms with E-state index in [1.165, 1.54) is 19.4 Å². The van der Waals surface area contributed by atoms with Gasteiger partial charge in [0, 0.05) is 24.7 Å². The van der Waals surface area contributed by atoms with Crippen LogP contribution in [0.15, 0.2) is 36.5 Å². The molecule has 1 aromatic carbocycles. The average Bonchev–Trinajstić information content (AvgIpc) is 2.52. The number of aromatic nitrogens is 1. The Labute approximate surface area is 142 Å². The van der Waals surface area contributed by atoms with Crippen molar-refractivity contribution in [2.75, 3.05) is 24.4 Å². The fourth-order valence-electron chi connectivity index (χ4n) is 1.71. The number of ether oxygens (including phenoxy) is 1. The highest BCUT2D eigenvalue weighted by Crippen LogP contribution is 2.20. The second-order valence-corrected chi connectivity index (χ2v) is 5.27. The van der Waals surface area contributed by atoms with Gasteiger partial charge in [0.15, 0.2) is 0 Å². The van der Waals surface area contributed by atoms with Crippen LogP contribution in [-0.2, 0) is 9.53 Å². The van der Waals surface area contributed by atoms with Gasteiger partial charge in [-0.3, -0.25) is 9.59 Å². The zero-order valence-corrected chi connectivity index (χ0v) is 13.6. The second kappa shape index (κ2) is 7.92. The Kier molecular flexibility index (Phi) is 5.92. The summed E-state index contributed by atoms with van der Waals surface area (Å²) >= 11 is 11.5. The molecular formula is C15H13Cl2N3O3. The first-order valence-electron chi connectivity index (χ1n) is 6.51. The van der Waals surface area contributed by atoms with E-state index in [2.05, 4.69) is 15.6 Å². The molecule has 0 aliphatic rings. The van der Waals surface area contributed by atoms with E-state index < -0.39 is 0 Å². The summed E-state index contributed by atoms with van der Waals surface area (Å²) in [5.74, 6) is -0.626. The van der Waals surface area contributed by atoms with Gasteiger partial charge in [0.1, 0.15) is 11.8 Å². The number of rotatable bonds is 5. The molecule has 2 aromatic rings. The summed E-state index contributed by atoms with van der Waals surface area (Å²) in [5.41, 5.74) is 1.45. The lowest BCUT2D eigenvalue weighted by Gasteiger charge is -2.08. The summed E-state index contributed by atoms with van der Waals surface area (Å²) < 4.78 is 4.72. The van der Waals surface area contributed by atoms with E-state index >= 15 is 0 Å². The van der Waals surface area contributed by atoms with Gasteiger partial charge in [-0.15, -0.1) is 0 Å². The summed E-state index contributed by atoms with van der Waals surface area (Å²) in [7, 11) is 1.44. The number of benzene rings is 1. The van der Waals surface area contributed by atoms with Gasteiger partial charge in [0.05, 0.1) is 10.6 Å². The Hall–Kier alpha value is -2.15. The number of carbonyl (C=O) groups is 2. The predicted molar refractivity (Wildman–Crippen MR) is 89.2 cm³/mol. The van der Waals surface area contributed by atoms with Crippen LogP contribution in [0.4, 0.5) is 11.4 Å². The fourth-order valence-corrected chi connectivity index (χ4v) is 1.98. The van der Waals surface area contributed by atoms with Crippen LogP contribution in [-0.4, -0.2) is 30.5 Å². The van der Waals surface area contributed by atoms with Crippen molar-refractivity contribution >= 4 is 46.4 Å². The van der Waals surface area contributed by atoms with Gasteiger partial charge in [-0.2, -0.15) is 0 Å². The highest BCUT2D eigenvalue weighted by Gasteiger charge is 2.09. The number of hydrogen-bond acceptors (Lipinski definition) is 4. The lowest BCUT2D eigenvalue weighted by atomic mass is 10.2. The molecule has 0 saturated carbocycles. The molecule has 1 heterocycles. The maximum atomic E-state index is 12.1. The third-order valence-electron chi connectivity index (χ3n) is 2.76. The summed E-state index contributed by atoms with van der Waals surface area (Å²) in [6, 6.07) is 8.08. The van der Waals surface area contributed by atoms with Crippen molar-refractivity contribution in [2.24, 2.45) is 0 Å². The highest BCUT2D eigenvalue weighted by atomic mass is 35.5. The molecule has 0 atom stereocenters. The minimum atomic E-state index is -0.368. The molecule has 0 bridgehead atoms. The summed E-state index contributed by atoms with van der Waals surface area (Å²) in [6.45, 7) is -0.0250. The van der Waals surface area contributed by atoms with Gasteiger partial charge >= 0.3 is 0 Å². The number of nitrogens with one attached hydrogen (secondary N) is 2. The van der Waals surface area contributed by atoms with Crippen LogP contribution in [0.25, 0.3) is 0 Å². The Balaban J connectivity index is 2.01. The van der Waals surface area contributed by atoms with Crippen LogP contribution in [0.3, 0.4) is 0 Å². The molecule has 0 aliphatic heterocycles. The van der Waals surface area contributed by atoms with Crippen molar-refractivity contribution in [3.05, 3.63) is 52.3 Å². The van der Waals surface area contributed by atoms with Crippen molar-refractivity contribution in [2.45, 2.75) is 0 Å². The largest absolute Gasteiger partial charge is 0.375 e. The summed E-state index contributed by atoms with van der Waals surface area (Å²) in [6.07, 6.45) is 1.34. The molecule has 2 N–H and O–H groups in total. The van der Waals surface area contributed by atoms with Gasteiger partial charge in [-0.25, -0.2) is 4.98 Å². The van der Waals surface area contributed by atoms with E-state index in [0.717, 1.165) is 0 Å². The molecule has 0 aliphatic carbocycles. The van der Waals surface area contributed by atoms with Gasteiger partial charge in [-0.1, -0.05) is 23.2 Å². The Morgan fingerprint density at radius 1 is 1.13 bits per heavy atom. The zero-order valence-electron chi connectivity index (χ0n) is 12.1. The van der Waals surface area contributed by atoms with Crippen LogP contribution in [0.2, 0.25) is 10.2 Å². The number of halogens is 2. The number of anilines is 2. The Morgan fingerprint density at radius 3 is 2.30 bits per heavy atom. The summed E-state index contributed by atoms with van der Waals surface area (Å²) in [4.78, 5) is 27.3. The van der Waals surface area contributed by atoms with Gasteiger partial charge < -0.3 is 15.4 Å². The minimum absolute atomic E-state index is 0.0250. The average molecular weight is 354 g/mol. The third kappa shape index (κ3) is 4.92. The number of hydrogen-bond donors (Lipinski definition) is 2. The molecule has 2 rings (SSSR count). The van der Waals surface area contributed by atoms with Gasteiger partial charge in [0.25, 0.3) is 5.91 Å². The molecule has 0 fully saturated rings. The highest BCUT2D eigenvalue weighted by molar-refractivity contribution is 6.41. The van der Waals surface area contributed by atoms with Crippen LogP contribution < -0.4 is 10.6 Å². The number of carbonyl (C=O) groups excluding carboxylic acids is 2. The number of pyridine rings is 1. The molecule has 0 saturated heterocycles. The lowest BCUT2D eigenvalue weighted by molar-refractivity contribution is -0.119. The SMILES string of the molecule is COCC(=O)Nc1ccc(NC(=O)c2cnc(Cl)c(Cl)c2)cc1. The predicted octanol–water partition coefficient (Wildman–Crippen LogP) is 3.23. The number of amides is 2. The molecule has 1 aromatic heterocycles. The number of nitrogens with zero attached hydrogens (tertiary/aromatic N) is 1. The van der Waals surface area contributed by atoms with Crippen LogP contribution in [0.1, 0.15) is 10.4 Å². The van der Waals surface area contributed by atoms with E-state index in [-0.39, 0.29) is 34.2 Å². The monoisotopic (exact) mass is 353 g/mol. The molecule has 0 unspecified atom stereocenters. The molecule has 120 valence electrons. The molecule has 0 spiro atoms. The van der Waals surface area contributed by atoms with E-state index in [0.29, 0.717) is 11.4 Å². The van der Waals surface area contributed by atoms with Crippen molar-refractivity contribution in [3.8, 4) is 0 Å². The third-order valence-corrected chi connectivity index (χ3v) is 3.45. The maximum Gasteiger partial charge on any atom is 0.257 e. The Bertz CT molecular complexity index is 720. The van der Waals surface area contributed by atoms with Gasteiger partial charge in [0.2, 0.25) is 5.91 Å². The van der Waals surface area contributed by atoms with E-state index in [4.69, 9.17) is 27.9 Å². The lowest BCUT2D eigenvalue weighted by Crippen LogP contribution is -2.17. The topological polar surface area (TPSA) is 80.3 Å². The summed E-state index contributed by atoms with van der Waals surface area (Å²) in [5, 5.41) is 5.69. The molecular weight excluding hydrogens is 341 g/mol. The van der Waals surface area contributed by atoms with Crippen LogP contribution in [0, 0.1) is 0 Å². The number of methoxy groups -OCH3 is 1. The normalized spacial score (nSPS) is 10.2. The first-order chi connectivity index (χ1) is 11.0. The first kappa shape index (κ1) is 17.2. The van der Waals surface area contributed by atoms with Crippen molar-refractivity contribution in [1.29, 1.82) is 0 Å². The standard InChI is InChI=1S/C15H13Cl2N3O3/c1-23-8-13(21)19-10-2-4-11(5-3-10)20-15(22)9-6-12(16)14(17)18-7-9/h2-7H,8H2,1H3,(H,19,21)(H,20,22). The molecule has 6 nitrogen and oxygen atoms in total. The first-order valence-corrected chi connectivity index (χ1v) is 7.26. The smallest absolute Gasteiger partial charge is 0.257 e. The van der Waals surface area contributed by atoms with Crippen molar-refractivity contribution in [1.82, 2.24) is 4.98 Å².